The number of rotatable bonds is 5. The molecular weight excluding hydrogens is 156 g/mol. The molecule has 0 spiro atoms. The molecule has 1 atom stereocenters. The second kappa shape index (κ2) is 5.03. The molecule has 0 rings (SSSR count). The van der Waals surface area contributed by atoms with Crippen LogP contribution in [0.15, 0.2) is 0 Å². The molecule has 0 aromatic heterocycles. The van der Waals surface area contributed by atoms with Crippen LogP contribution in [0, 0.1) is 11.3 Å². The van der Waals surface area contributed by atoms with Crippen molar-refractivity contribution in [1.29, 1.82) is 0 Å². The molecule has 0 nitrogen and oxygen atoms in total. The number of hydrogen-bond donors (Lipinski definition) is 0. The van der Waals surface area contributed by atoms with E-state index in [1.54, 1.807) is 0 Å². The highest BCUT2D eigenvalue weighted by atomic mass is 35.5. The van der Waals surface area contributed by atoms with E-state index < -0.39 is 0 Å². The largest absolute Gasteiger partial charge is 0.126 e. The predicted octanol–water partition coefficient (Wildman–Crippen LogP) is 4.08. The third-order valence-electron chi connectivity index (χ3n) is 3.33. The van der Waals surface area contributed by atoms with Crippen LogP contribution >= 0.6 is 11.6 Å². The lowest BCUT2D eigenvalue weighted by molar-refractivity contribution is 0.184. The Balaban J connectivity index is 4.26. The Bertz CT molecular complexity index is 86.8. The lowest BCUT2D eigenvalue weighted by Gasteiger charge is -2.35. The van der Waals surface area contributed by atoms with Gasteiger partial charge in [0.05, 0.1) is 0 Å². The molecule has 0 N–H and O–H groups in total. The Hall–Kier alpha value is 0.290. The van der Waals surface area contributed by atoms with Crippen LogP contribution in [-0.2, 0) is 0 Å². The first-order valence-corrected chi connectivity index (χ1v) is 5.26. The zero-order valence-electron chi connectivity index (χ0n) is 8.28. The second-order valence-corrected chi connectivity index (χ2v) is 3.78. The van der Waals surface area contributed by atoms with Crippen molar-refractivity contribution < 1.29 is 0 Å². The monoisotopic (exact) mass is 176 g/mol. The van der Waals surface area contributed by atoms with Gasteiger partial charge in [0, 0.05) is 5.88 Å². The molecule has 0 aliphatic heterocycles. The van der Waals surface area contributed by atoms with Crippen molar-refractivity contribution >= 4 is 11.6 Å². The first kappa shape index (κ1) is 11.3. The number of halogens is 1. The van der Waals surface area contributed by atoms with E-state index in [0.717, 1.165) is 11.8 Å². The molecule has 0 saturated heterocycles. The van der Waals surface area contributed by atoms with Gasteiger partial charge in [-0.25, -0.2) is 0 Å². The van der Waals surface area contributed by atoms with Crippen molar-refractivity contribution in [1.82, 2.24) is 0 Å². The van der Waals surface area contributed by atoms with Gasteiger partial charge in [-0.2, -0.15) is 0 Å². The third kappa shape index (κ3) is 2.37. The summed E-state index contributed by atoms with van der Waals surface area (Å²) in [6.45, 7) is 9.06. The van der Waals surface area contributed by atoms with Gasteiger partial charge in [-0.05, 0) is 24.2 Å². The van der Waals surface area contributed by atoms with Gasteiger partial charge in [-0.15, -0.1) is 11.6 Å². The fraction of sp³-hybridized carbons (Fsp3) is 1.00. The van der Waals surface area contributed by atoms with E-state index in [9.17, 15) is 0 Å². The summed E-state index contributed by atoms with van der Waals surface area (Å²) >= 11 is 6.00. The van der Waals surface area contributed by atoms with Crippen molar-refractivity contribution in [2.75, 3.05) is 5.88 Å². The van der Waals surface area contributed by atoms with E-state index in [1.807, 2.05) is 0 Å². The highest BCUT2D eigenvalue weighted by Gasteiger charge is 2.30. The number of hydrogen-bond acceptors (Lipinski definition) is 0. The summed E-state index contributed by atoms with van der Waals surface area (Å²) < 4.78 is 0. The van der Waals surface area contributed by atoms with Gasteiger partial charge < -0.3 is 0 Å². The van der Waals surface area contributed by atoms with Crippen LogP contribution in [-0.4, -0.2) is 5.88 Å². The molecule has 11 heavy (non-hydrogen) atoms. The van der Waals surface area contributed by atoms with Gasteiger partial charge in [-0.3, -0.25) is 0 Å². The average molecular weight is 177 g/mol. The summed E-state index contributed by atoms with van der Waals surface area (Å²) in [4.78, 5) is 0. The van der Waals surface area contributed by atoms with Crippen LogP contribution in [0.1, 0.15) is 47.0 Å². The molecule has 0 radical (unpaired) electrons. The van der Waals surface area contributed by atoms with E-state index in [2.05, 4.69) is 27.7 Å². The maximum atomic E-state index is 6.00. The lowest BCUT2D eigenvalue weighted by atomic mass is 9.72. The molecule has 0 aliphatic carbocycles. The quantitative estimate of drug-likeness (QED) is 0.554. The van der Waals surface area contributed by atoms with Crippen molar-refractivity contribution in [3.8, 4) is 0 Å². The topological polar surface area (TPSA) is 0 Å². The summed E-state index contributed by atoms with van der Waals surface area (Å²) in [6, 6.07) is 0. The average Bonchev–Trinajstić information content (AvgIpc) is 2.08. The first-order valence-electron chi connectivity index (χ1n) is 4.72. The summed E-state index contributed by atoms with van der Waals surface area (Å²) in [5.41, 5.74) is 0.399. The molecular formula is C10H21Cl. The van der Waals surface area contributed by atoms with E-state index in [-0.39, 0.29) is 0 Å². The smallest absolute Gasteiger partial charge is 0.0282 e. The van der Waals surface area contributed by atoms with Gasteiger partial charge in [0.1, 0.15) is 0 Å². The minimum absolute atomic E-state index is 0.399. The van der Waals surface area contributed by atoms with Crippen molar-refractivity contribution in [2.45, 2.75) is 47.0 Å². The van der Waals surface area contributed by atoms with E-state index >= 15 is 0 Å². The Morgan fingerprint density at radius 2 is 1.64 bits per heavy atom. The van der Waals surface area contributed by atoms with E-state index in [0.29, 0.717) is 5.41 Å². The summed E-state index contributed by atoms with van der Waals surface area (Å²) in [5.74, 6) is 1.57. The summed E-state index contributed by atoms with van der Waals surface area (Å²) in [6.07, 6.45) is 3.67. The van der Waals surface area contributed by atoms with Crippen molar-refractivity contribution in [3.63, 3.8) is 0 Å². The van der Waals surface area contributed by atoms with Crippen molar-refractivity contribution in [2.24, 2.45) is 11.3 Å². The minimum atomic E-state index is 0.399. The first-order chi connectivity index (χ1) is 5.16. The molecule has 68 valence electrons. The fourth-order valence-electron chi connectivity index (χ4n) is 1.70. The van der Waals surface area contributed by atoms with E-state index in [4.69, 9.17) is 11.6 Å². The van der Waals surface area contributed by atoms with Crippen LogP contribution < -0.4 is 0 Å². The van der Waals surface area contributed by atoms with Crippen LogP contribution in [0.5, 0.6) is 0 Å². The minimum Gasteiger partial charge on any atom is -0.126 e. The molecule has 0 amide bonds. The van der Waals surface area contributed by atoms with Crippen LogP contribution in [0.4, 0.5) is 0 Å². The Morgan fingerprint density at radius 3 is 1.73 bits per heavy atom. The van der Waals surface area contributed by atoms with Crippen LogP contribution in [0.3, 0.4) is 0 Å². The van der Waals surface area contributed by atoms with Crippen LogP contribution in [0.25, 0.3) is 0 Å². The van der Waals surface area contributed by atoms with Gasteiger partial charge in [0.25, 0.3) is 0 Å². The lowest BCUT2D eigenvalue weighted by Crippen LogP contribution is -2.29. The highest BCUT2D eigenvalue weighted by molar-refractivity contribution is 6.18. The molecule has 0 fully saturated rings. The molecule has 0 aliphatic rings. The van der Waals surface area contributed by atoms with Gasteiger partial charge in [0.15, 0.2) is 0 Å². The molecule has 0 bridgehead atoms. The maximum absolute atomic E-state index is 6.00. The summed E-state index contributed by atoms with van der Waals surface area (Å²) in [7, 11) is 0. The predicted molar refractivity (Wildman–Crippen MR) is 53.2 cm³/mol. The van der Waals surface area contributed by atoms with Crippen LogP contribution in [0.2, 0.25) is 0 Å². The molecule has 1 unspecified atom stereocenters. The van der Waals surface area contributed by atoms with Gasteiger partial charge in [-0.1, -0.05) is 34.1 Å². The second-order valence-electron chi connectivity index (χ2n) is 3.51. The van der Waals surface area contributed by atoms with Gasteiger partial charge >= 0.3 is 0 Å². The Kier molecular flexibility index (Phi) is 5.16. The standard InChI is InChI=1S/C10H21Cl/c1-5-9(4)10(6-2,7-3)8-11/h9H,5-8H2,1-4H3. The maximum Gasteiger partial charge on any atom is 0.0282 e. The number of alkyl halides is 1. The van der Waals surface area contributed by atoms with Gasteiger partial charge in [0.2, 0.25) is 0 Å². The SMILES string of the molecule is CCC(C)C(CC)(CC)CCl. The summed E-state index contributed by atoms with van der Waals surface area (Å²) in [5, 5.41) is 0. The third-order valence-corrected chi connectivity index (χ3v) is 3.86. The zero-order valence-corrected chi connectivity index (χ0v) is 9.04. The van der Waals surface area contributed by atoms with E-state index in [1.165, 1.54) is 19.3 Å². The van der Waals surface area contributed by atoms with Crippen molar-refractivity contribution in [3.05, 3.63) is 0 Å². The molecule has 0 aromatic rings. The molecule has 0 heterocycles. The zero-order chi connectivity index (χ0) is 8.91. The highest BCUT2D eigenvalue weighted by Crippen LogP contribution is 2.37. The molecule has 0 aromatic carbocycles. The molecule has 0 saturated carbocycles. The normalized spacial score (nSPS) is 15.0. The Labute approximate surface area is 76.3 Å². The Morgan fingerprint density at radius 1 is 1.18 bits per heavy atom. The fourth-order valence-corrected chi connectivity index (χ4v) is 2.34. The molecule has 1 heteroatoms.